The molecule has 19 heavy (non-hydrogen) atoms. The highest BCUT2D eigenvalue weighted by Crippen LogP contribution is 2.34. The van der Waals surface area contributed by atoms with Crippen molar-refractivity contribution >= 4 is 0 Å². The first-order valence-corrected chi connectivity index (χ1v) is 6.01. The molecule has 2 unspecified atom stereocenters. The maximum atomic E-state index is 10.4. The molecule has 0 amide bonds. The van der Waals surface area contributed by atoms with Crippen LogP contribution >= 0.6 is 0 Å². The fraction of sp³-hybridized carbons (Fsp3) is 0.692. The zero-order valence-electron chi connectivity index (χ0n) is 12.3. The summed E-state index contributed by atoms with van der Waals surface area (Å²) < 4.78 is 15.5. The SMILES string of the molecule is COc1cnc(C(O)C(OC)C(C)(C)C)c(OC)n1. The third-order valence-electron chi connectivity index (χ3n) is 2.82. The first kappa shape index (κ1) is 15.7. The van der Waals surface area contributed by atoms with Crippen molar-refractivity contribution < 1.29 is 19.3 Å². The Bertz CT molecular complexity index is 418. The van der Waals surface area contributed by atoms with Gasteiger partial charge in [-0.05, 0) is 5.41 Å². The summed E-state index contributed by atoms with van der Waals surface area (Å²) in [5, 5.41) is 10.4. The summed E-state index contributed by atoms with van der Waals surface area (Å²) >= 11 is 0. The van der Waals surface area contributed by atoms with E-state index in [0.29, 0.717) is 11.6 Å². The highest BCUT2D eigenvalue weighted by Gasteiger charge is 2.35. The van der Waals surface area contributed by atoms with Crippen molar-refractivity contribution in [3.8, 4) is 11.8 Å². The molecular weight excluding hydrogens is 248 g/mol. The number of nitrogens with zero attached hydrogens (tertiary/aromatic N) is 2. The van der Waals surface area contributed by atoms with Crippen molar-refractivity contribution in [1.82, 2.24) is 9.97 Å². The molecule has 0 fully saturated rings. The number of ether oxygens (including phenoxy) is 3. The molecule has 0 saturated heterocycles. The second-order valence-electron chi connectivity index (χ2n) is 5.27. The summed E-state index contributed by atoms with van der Waals surface area (Å²) in [6.45, 7) is 5.94. The third kappa shape index (κ3) is 3.54. The molecule has 0 spiro atoms. The van der Waals surface area contributed by atoms with Crippen LogP contribution in [-0.2, 0) is 4.74 Å². The van der Waals surface area contributed by atoms with Gasteiger partial charge in [0, 0.05) is 7.11 Å². The number of aromatic nitrogens is 2. The lowest BCUT2D eigenvalue weighted by atomic mass is 9.84. The second-order valence-corrected chi connectivity index (χ2v) is 5.27. The normalized spacial score (nSPS) is 14.9. The van der Waals surface area contributed by atoms with Gasteiger partial charge in [0.15, 0.2) is 0 Å². The molecular formula is C13H22N2O4. The van der Waals surface area contributed by atoms with Crippen molar-refractivity contribution in [2.75, 3.05) is 21.3 Å². The Morgan fingerprint density at radius 2 is 1.79 bits per heavy atom. The maximum Gasteiger partial charge on any atom is 0.241 e. The van der Waals surface area contributed by atoms with Crippen molar-refractivity contribution in [1.29, 1.82) is 0 Å². The van der Waals surface area contributed by atoms with Gasteiger partial charge in [-0.15, -0.1) is 0 Å². The number of methoxy groups -OCH3 is 3. The summed E-state index contributed by atoms with van der Waals surface area (Å²) in [6.07, 6.45) is 0.0821. The average Bonchev–Trinajstić information content (AvgIpc) is 2.36. The number of rotatable bonds is 5. The molecule has 1 heterocycles. The van der Waals surface area contributed by atoms with Crippen LogP contribution in [0.1, 0.15) is 32.6 Å². The second kappa shape index (κ2) is 6.16. The van der Waals surface area contributed by atoms with Crippen molar-refractivity contribution in [2.24, 2.45) is 5.41 Å². The Balaban J connectivity index is 3.14. The van der Waals surface area contributed by atoms with Crippen LogP contribution in [0.15, 0.2) is 6.20 Å². The Hall–Kier alpha value is -1.40. The summed E-state index contributed by atoms with van der Waals surface area (Å²) in [5.74, 6) is 0.565. The first-order chi connectivity index (χ1) is 8.85. The Morgan fingerprint density at radius 1 is 1.16 bits per heavy atom. The predicted octanol–water partition coefficient (Wildman–Crippen LogP) is 1.59. The molecule has 108 valence electrons. The zero-order chi connectivity index (χ0) is 14.6. The molecule has 0 aliphatic rings. The lowest BCUT2D eigenvalue weighted by Crippen LogP contribution is -2.35. The summed E-state index contributed by atoms with van der Waals surface area (Å²) in [6, 6.07) is 0. The standard InChI is InChI=1S/C13H22N2O4/c1-13(2,3)11(18-5)10(16)9-12(19-6)15-8(17-4)7-14-9/h7,10-11,16H,1-6H3. The van der Waals surface area contributed by atoms with Crippen molar-refractivity contribution in [2.45, 2.75) is 33.0 Å². The molecule has 1 aromatic rings. The highest BCUT2D eigenvalue weighted by molar-refractivity contribution is 5.25. The smallest absolute Gasteiger partial charge is 0.241 e. The lowest BCUT2D eigenvalue weighted by Gasteiger charge is -2.33. The van der Waals surface area contributed by atoms with Crippen LogP contribution in [0.4, 0.5) is 0 Å². The Morgan fingerprint density at radius 3 is 2.21 bits per heavy atom. The largest absolute Gasteiger partial charge is 0.480 e. The van der Waals surface area contributed by atoms with E-state index in [0.717, 1.165) is 0 Å². The fourth-order valence-corrected chi connectivity index (χ4v) is 1.92. The van der Waals surface area contributed by atoms with E-state index in [1.165, 1.54) is 20.4 Å². The Kier molecular flexibility index (Phi) is 5.08. The molecule has 2 atom stereocenters. The van der Waals surface area contributed by atoms with Gasteiger partial charge in [-0.1, -0.05) is 20.8 Å². The molecule has 1 rings (SSSR count). The van der Waals surface area contributed by atoms with Crippen molar-refractivity contribution in [3.63, 3.8) is 0 Å². The van der Waals surface area contributed by atoms with Crippen LogP contribution in [0.3, 0.4) is 0 Å². The molecule has 1 N–H and O–H groups in total. The fourth-order valence-electron chi connectivity index (χ4n) is 1.92. The molecule has 0 radical (unpaired) electrons. The van der Waals surface area contributed by atoms with Gasteiger partial charge in [-0.2, -0.15) is 4.98 Å². The minimum Gasteiger partial charge on any atom is -0.480 e. The van der Waals surface area contributed by atoms with E-state index >= 15 is 0 Å². The van der Waals surface area contributed by atoms with Crippen LogP contribution < -0.4 is 9.47 Å². The van der Waals surface area contributed by atoms with Gasteiger partial charge in [0.1, 0.15) is 11.8 Å². The van der Waals surface area contributed by atoms with E-state index in [-0.39, 0.29) is 11.3 Å². The van der Waals surface area contributed by atoms with Crippen LogP contribution in [0.5, 0.6) is 11.8 Å². The van der Waals surface area contributed by atoms with Gasteiger partial charge in [-0.3, -0.25) is 0 Å². The van der Waals surface area contributed by atoms with E-state index in [9.17, 15) is 5.11 Å². The van der Waals surface area contributed by atoms with Crippen LogP contribution in [0.25, 0.3) is 0 Å². The maximum absolute atomic E-state index is 10.4. The van der Waals surface area contributed by atoms with Crippen LogP contribution in [0.2, 0.25) is 0 Å². The number of aliphatic hydroxyl groups excluding tert-OH is 1. The van der Waals surface area contributed by atoms with E-state index in [4.69, 9.17) is 14.2 Å². The molecule has 0 aliphatic carbocycles. The zero-order valence-corrected chi connectivity index (χ0v) is 12.3. The topological polar surface area (TPSA) is 73.7 Å². The summed E-state index contributed by atoms with van der Waals surface area (Å²) in [7, 11) is 4.52. The van der Waals surface area contributed by atoms with Gasteiger partial charge in [0.05, 0.1) is 26.5 Å². The van der Waals surface area contributed by atoms with E-state index < -0.39 is 12.2 Å². The van der Waals surface area contributed by atoms with Gasteiger partial charge < -0.3 is 19.3 Å². The van der Waals surface area contributed by atoms with Gasteiger partial charge in [-0.25, -0.2) is 4.98 Å². The quantitative estimate of drug-likeness (QED) is 0.875. The van der Waals surface area contributed by atoms with Gasteiger partial charge in [0.2, 0.25) is 11.8 Å². The predicted molar refractivity (Wildman–Crippen MR) is 70.3 cm³/mol. The molecule has 6 heteroatoms. The molecule has 0 saturated carbocycles. The Labute approximate surface area is 113 Å². The van der Waals surface area contributed by atoms with Gasteiger partial charge >= 0.3 is 0 Å². The van der Waals surface area contributed by atoms with E-state index in [1.807, 2.05) is 20.8 Å². The van der Waals surface area contributed by atoms with Crippen molar-refractivity contribution in [3.05, 3.63) is 11.9 Å². The minimum absolute atomic E-state index is 0.234. The molecule has 6 nitrogen and oxygen atoms in total. The number of hydrogen-bond donors (Lipinski definition) is 1. The van der Waals surface area contributed by atoms with E-state index in [2.05, 4.69) is 9.97 Å². The number of hydrogen-bond acceptors (Lipinski definition) is 6. The molecule has 0 bridgehead atoms. The van der Waals surface area contributed by atoms with Gasteiger partial charge in [0.25, 0.3) is 0 Å². The first-order valence-electron chi connectivity index (χ1n) is 6.01. The summed E-state index contributed by atoms with van der Waals surface area (Å²) in [5.41, 5.74) is 0.0888. The summed E-state index contributed by atoms with van der Waals surface area (Å²) in [4.78, 5) is 8.27. The van der Waals surface area contributed by atoms with E-state index in [1.54, 1.807) is 7.11 Å². The monoisotopic (exact) mass is 270 g/mol. The van der Waals surface area contributed by atoms with Crippen LogP contribution in [-0.4, -0.2) is 42.5 Å². The molecule has 0 aliphatic heterocycles. The lowest BCUT2D eigenvalue weighted by molar-refractivity contribution is -0.0749. The highest BCUT2D eigenvalue weighted by atomic mass is 16.5. The number of aliphatic hydroxyl groups is 1. The van der Waals surface area contributed by atoms with Crippen LogP contribution in [0, 0.1) is 5.41 Å². The molecule has 0 aromatic carbocycles. The minimum atomic E-state index is -0.932. The average molecular weight is 270 g/mol. The third-order valence-corrected chi connectivity index (χ3v) is 2.82. The molecule has 1 aromatic heterocycles.